The molecular weight excluding hydrogens is 1060 g/mol. The zero-order valence-electron chi connectivity index (χ0n) is 37.3. The number of fused-ring (bicyclic) bond motifs is 6. The van der Waals surface area contributed by atoms with Crippen LogP contribution in [0.3, 0.4) is 0 Å². The Labute approximate surface area is 414 Å². The highest BCUT2D eigenvalue weighted by Crippen LogP contribution is 2.60. The highest BCUT2D eigenvalue weighted by molar-refractivity contribution is 7.90. The third-order valence-electron chi connectivity index (χ3n) is 11.7. The first-order chi connectivity index (χ1) is 31.9. The summed E-state index contributed by atoms with van der Waals surface area (Å²) in [6.07, 6.45) is -5.69. The third-order valence-corrected chi connectivity index (χ3v) is 17.5. The van der Waals surface area contributed by atoms with E-state index in [1.807, 2.05) is 0 Å². The first-order valence-corrected chi connectivity index (χ1v) is 29.0. The average Bonchev–Trinajstić information content (AvgIpc) is 4.00. The van der Waals surface area contributed by atoms with Gasteiger partial charge in [-0.05, 0) is 119 Å². The van der Waals surface area contributed by atoms with Crippen LogP contribution in [-0.4, -0.2) is 70.1 Å². The molecule has 372 valence electrons. The molecule has 1 fully saturated rings. The molecule has 69 heavy (non-hydrogen) atoms. The Morgan fingerprint density at radius 1 is 0.652 bits per heavy atom. The van der Waals surface area contributed by atoms with Crippen molar-refractivity contribution in [2.45, 2.75) is 105 Å². The highest BCUT2D eigenvalue weighted by Gasteiger charge is 2.76. The van der Waals surface area contributed by atoms with Gasteiger partial charge in [0.1, 0.15) is 5.69 Å². The van der Waals surface area contributed by atoms with Crippen LogP contribution in [0.15, 0.2) is 82.6 Å². The van der Waals surface area contributed by atoms with Crippen LogP contribution in [0.1, 0.15) is 64.1 Å². The molecule has 6 aromatic rings. The van der Waals surface area contributed by atoms with Crippen LogP contribution in [-0.2, 0) is 47.7 Å². The van der Waals surface area contributed by atoms with Gasteiger partial charge in [0.25, 0.3) is 31.6 Å². The first kappa shape index (κ1) is 53.1. The molecule has 0 saturated carbocycles. The second kappa shape index (κ2) is 18.7. The number of carbonyl (C=O) groups is 1. The summed E-state index contributed by atoms with van der Waals surface area (Å²) in [5.74, 6) is -9.64. The van der Waals surface area contributed by atoms with Gasteiger partial charge in [-0.2, -0.15) is 22.0 Å². The van der Waals surface area contributed by atoms with Gasteiger partial charge in [0, 0.05) is 36.8 Å². The van der Waals surface area contributed by atoms with Crippen molar-refractivity contribution in [1.82, 2.24) is 7.94 Å². The predicted molar refractivity (Wildman–Crippen MR) is 255 cm³/mol. The lowest BCUT2D eigenvalue weighted by Gasteiger charge is -2.47. The van der Waals surface area contributed by atoms with E-state index in [2.05, 4.69) is 0 Å². The fraction of sp³-hybridized carbons (Fsp3) is 0.370. The molecule has 9 rings (SSSR count). The van der Waals surface area contributed by atoms with Gasteiger partial charge in [-0.15, -0.1) is 0 Å². The van der Waals surface area contributed by atoms with Crippen LogP contribution in [0, 0.1) is 13.8 Å². The molecule has 2 aromatic heterocycles. The summed E-state index contributed by atoms with van der Waals surface area (Å²) in [6, 6.07) is 16.2. The number of rotatable bonds is 6. The number of aromatic nitrogens is 2. The smallest absolute Gasteiger partial charge is 0.395 e. The molecule has 0 radical (unpaired) electrons. The normalized spacial score (nSPS) is 19.1. The van der Waals surface area contributed by atoms with Crippen LogP contribution < -0.4 is 0 Å². The van der Waals surface area contributed by atoms with Crippen molar-refractivity contribution in [2.24, 2.45) is 0 Å². The molecule has 3 aliphatic rings. The highest BCUT2D eigenvalue weighted by atomic mass is 35.5. The molecule has 0 spiro atoms. The van der Waals surface area contributed by atoms with Crippen LogP contribution in [0.25, 0.3) is 21.8 Å². The molecule has 4 aromatic carbocycles. The molecule has 0 amide bonds. The van der Waals surface area contributed by atoms with Gasteiger partial charge in [0.15, 0.2) is 8.32 Å². The van der Waals surface area contributed by atoms with Crippen LogP contribution in [0.4, 0.5) is 30.7 Å². The van der Waals surface area contributed by atoms with Crippen molar-refractivity contribution < 1.29 is 61.5 Å². The van der Waals surface area contributed by atoms with Crippen molar-refractivity contribution in [3.63, 3.8) is 0 Å². The molecule has 0 bridgehead atoms. The fourth-order valence-electron chi connectivity index (χ4n) is 8.55. The summed E-state index contributed by atoms with van der Waals surface area (Å²) in [4.78, 5) is 12.0. The van der Waals surface area contributed by atoms with E-state index in [0.717, 1.165) is 24.8 Å². The van der Waals surface area contributed by atoms with E-state index in [1.54, 1.807) is 26.0 Å². The summed E-state index contributed by atoms with van der Waals surface area (Å²) < 4.78 is 170. The van der Waals surface area contributed by atoms with E-state index in [1.165, 1.54) is 87.1 Å². The number of alkyl halides is 7. The Balaban J connectivity index is 0.000000189. The SMILES string of the molecule is C1CCOC1.Cc1ccc(S(=O)(=O)n2c3c(c4cc(Cl)c(Cl)cc42)CCC(F)(F)C3(O[Si](C)(C)C)C(F)(F)F)cc1.Cc1ccc(S(=O)(=O)n2c3c(c4cc(Cl)c(Cl)cc42)CCC(F)(F)C3=O)cc1. The molecule has 1 atom stereocenters. The molecule has 0 N–H and O–H groups in total. The minimum atomic E-state index is -5.67. The zero-order valence-corrected chi connectivity index (χ0v) is 43.0. The van der Waals surface area contributed by atoms with E-state index in [-0.39, 0.29) is 63.8 Å². The summed E-state index contributed by atoms with van der Waals surface area (Å²) >= 11 is 24.4. The Kier molecular flexibility index (Phi) is 14.4. The molecule has 2 aliphatic carbocycles. The van der Waals surface area contributed by atoms with Crippen molar-refractivity contribution in [2.75, 3.05) is 13.2 Å². The number of ketones is 1. The maximum absolute atomic E-state index is 15.7. The Hall–Kier alpha value is -3.66. The molecule has 3 heterocycles. The number of Topliss-reactive ketones (excluding diaryl/α,β-unsaturated/α-hetero) is 1. The lowest BCUT2D eigenvalue weighted by atomic mass is 9.79. The van der Waals surface area contributed by atoms with Gasteiger partial charge in [-0.25, -0.2) is 33.6 Å². The number of hydrogen-bond acceptors (Lipinski definition) is 7. The van der Waals surface area contributed by atoms with Gasteiger partial charge >= 0.3 is 12.1 Å². The quantitative estimate of drug-likeness (QED) is 0.121. The molecule has 1 saturated heterocycles. The number of aryl methyl sites for hydroxylation is 4. The lowest BCUT2D eigenvalue weighted by molar-refractivity contribution is -0.337. The largest absolute Gasteiger partial charge is 0.428 e. The second-order valence-electron chi connectivity index (χ2n) is 17.8. The maximum atomic E-state index is 15.7. The monoisotopic (exact) mass is 1100 g/mol. The topological polar surface area (TPSA) is 114 Å². The number of hydrogen-bond donors (Lipinski definition) is 0. The second-order valence-corrected chi connectivity index (χ2v) is 27.5. The summed E-state index contributed by atoms with van der Waals surface area (Å²) in [5, 5.41) is 0.310. The minimum absolute atomic E-state index is 0.0154. The van der Waals surface area contributed by atoms with Gasteiger partial charge in [0.05, 0.1) is 46.6 Å². The van der Waals surface area contributed by atoms with E-state index in [4.69, 9.17) is 55.6 Å². The molecule has 9 nitrogen and oxygen atoms in total. The summed E-state index contributed by atoms with van der Waals surface area (Å²) in [6.45, 7) is 9.48. The number of halogens is 11. The Morgan fingerprint density at radius 3 is 1.51 bits per heavy atom. The van der Waals surface area contributed by atoms with Crippen molar-refractivity contribution in [1.29, 1.82) is 0 Å². The van der Waals surface area contributed by atoms with E-state index in [0.29, 0.717) is 18.9 Å². The fourth-order valence-corrected chi connectivity index (χ4v) is 13.6. The molecule has 1 unspecified atom stereocenters. The van der Waals surface area contributed by atoms with E-state index < -0.39 is 88.4 Å². The van der Waals surface area contributed by atoms with Gasteiger partial charge in [0.2, 0.25) is 5.78 Å². The van der Waals surface area contributed by atoms with Crippen molar-refractivity contribution in [3.05, 3.63) is 127 Å². The number of ether oxygens (including phenoxy) is 1. The molecule has 23 heteroatoms. The standard InChI is InChI=1S/C23H22Cl2F5NO3SSi.C19H13Cl2F2NO3S.C4H8O/c1-13-5-7-14(8-6-13)35(32,33)31-19-12-18(25)17(24)11-16(19)15-9-10-21(26,27)22(20(15)31,23(28,29)30)34-36(2,3)4;1-10-2-4-11(5-3-10)28(26,27)24-16-9-15(21)14(20)8-13(16)12-6-7-19(22,23)18(25)17(12)24;1-2-4-5-3-1/h5-8,11-12H,9-10H2,1-4H3;2-5,8-9H,6-7H2,1H3;1-4H2. The zero-order chi connectivity index (χ0) is 51.0. The molecular formula is C46H43Cl4F7N2O7S2Si. The maximum Gasteiger partial charge on any atom is 0.428 e. The van der Waals surface area contributed by atoms with Crippen molar-refractivity contribution in [3.8, 4) is 0 Å². The van der Waals surface area contributed by atoms with Crippen LogP contribution >= 0.6 is 46.4 Å². The first-order valence-electron chi connectivity index (χ1n) is 21.2. The van der Waals surface area contributed by atoms with Crippen LogP contribution in [0.5, 0.6) is 0 Å². The Bertz CT molecular complexity index is 3220. The van der Waals surface area contributed by atoms with Gasteiger partial charge < -0.3 is 9.16 Å². The molecule has 1 aliphatic heterocycles. The van der Waals surface area contributed by atoms with Gasteiger partial charge in [-0.1, -0.05) is 81.8 Å². The minimum Gasteiger partial charge on any atom is -0.395 e. The van der Waals surface area contributed by atoms with Crippen LogP contribution in [0.2, 0.25) is 39.7 Å². The average molecular weight is 1100 g/mol. The van der Waals surface area contributed by atoms with E-state index in [9.17, 15) is 43.6 Å². The number of carbonyl (C=O) groups excluding carboxylic acids is 1. The number of nitrogens with zero attached hydrogens (tertiary/aromatic N) is 2. The summed E-state index contributed by atoms with van der Waals surface area (Å²) in [7, 11) is -12.5. The van der Waals surface area contributed by atoms with Gasteiger partial charge in [-0.3, -0.25) is 4.79 Å². The predicted octanol–water partition coefficient (Wildman–Crippen LogP) is 13.7. The number of benzene rings is 4. The van der Waals surface area contributed by atoms with E-state index >= 15 is 8.78 Å². The summed E-state index contributed by atoms with van der Waals surface area (Å²) in [5.41, 5.74) is -4.62. The lowest BCUT2D eigenvalue weighted by Crippen LogP contribution is -2.64. The Morgan fingerprint density at radius 2 is 1.07 bits per heavy atom. The van der Waals surface area contributed by atoms with Crippen molar-refractivity contribution >= 4 is 102 Å². The third kappa shape index (κ3) is 9.60.